The Morgan fingerprint density at radius 1 is 1.27 bits per heavy atom. The van der Waals surface area contributed by atoms with E-state index in [9.17, 15) is 13.2 Å². The summed E-state index contributed by atoms with van der Waals surface area (Å²) in [6.45, 7) is 1.24. The number of carbonyl (C=O) groups is 1. The summed E-state index contributed by atoms with van der Waals surface area (Å²) >= 11 is 0. The summed E-state index contributed by atoms with van der Waals surface area (Å²) < 4.78 is 32.2. The van der Waals surface area contributed by atoms with E-state index < -0.39 is 22.2 Å². The zero-order valence-electron chi connectivity index (χ0n) is 12.4. The summed E-state index contributed by atoms with van der Waals surface area (Å²) in [5.74, 6) is -0.558. The van der Waals surface area contributed by atoms with Gasteiger partial charge in [0, 0.05) is 39.6 Å². The van der Waals surface area contributed by atoms with Crippen molar-refractivity contribution in [2.24, 2.45) is 0 Å². The molecule has 2 heterocycles. The lowest BCUT2D eigenvalue weighted by atomic mass is 10.3. The third-order valence-electron chi connectivity index (χ3n) is 2.82. The first kappa shape index (κ1) is 16.1. The molecule has 2 aromatic heterocycles. The topological polar surface area (TPSA) is 94.4 Å². The second-order valence-electron chi connectivity index (χ2n) is 4.62. The third kappa shape index (κ3) is 3.15. The number of esters is 1. The summed E-state index contributed by atoms with van der Waals surface area (Å²) in [5, 5.41) is -0.227. The Kier molecular flexibility index (Phi) is 4.57. The van der Waals surface area contributed by atoms with Crippen molar-refractivity contribution in [2.45, 2.75) is 18.3 Å². The van der Waals surface area contributed by atoms with Crippen molar-refractivity contribution >= 4 is 16.0 Å². The molecule has 1 atom stereocenters. The molecule has 0 radical (unpaired) electrons. The van der Waals surface area contributed by atoms with E-state index in [1.807, 2.05) is 0 Å². The van der Waals surface area contributed by atoms with Gasteiger partial charge in [0.2, 0.25) is 11.4 Å². The number of imidazole rings is 1. The van der Waals surface area contributed by atoms with E-state index in [0.717, 1.165) is 4.31 Å². The smallest absolute Gasteiger partial charge is 0.304 e. The van der Waals surface area contributed by atoms with Crippen molar-refractivity contribution < 1.29 is 17.9 Å². The molecule has 118 valence electrons. The standard InChI is InChI=1S/C13H16N4O4S/c1-10(18)21-12(11-6-4-5-7-14-11)17-9-8-15-13(17)22(19,20)16(2)3/h4-9,12H,1-3H3. The number of hydrogen-bond donors (Lipinski definition) is 0. The molecule has 0 aliphatic rings. The Labute approximate surface area is 128 Å². The first-order chi connectivity index (χ1) is 10.3. The second-order valence-corrected chi connectivity index (χ2v) is 6.67. The molecule has 0 aromatic carbocycles. The van der Waals surface area contributed by atoms with Crippen molar-refractivity contribution in [1.82, 2.24) is 18.8 Å². The Balaban J connectivity index is 2.56. The molecule has 1 unspecified atom stereocenters. The average molecular weight is 324 g/mol. The van der Waals surface area contributed by atoms with Crippen molar-refractivity contribution in [3.63, 3.8) is 0 Å². The van der Waals surface area contributed by atoms with E-state index in [-0.39, 0.29) is 5.16 Å². The lowest BCUT2D eigenvalue weighted by Crippen LogP contribution is -2.28. The molecular formula is C13H16N4O4S. The fraction of sp³-hybridized carbons (Fsp3) is 0.308. The number of aromatic nitrogens is 3. The molecule has 2 rings (SSSR count). The van der Waals surface area contributed by atoms with Crippen LogP contribution in [0.15, 0.2) is 41.9 Å². The van der Waals surface area contributed by atoms with Gasteiger partial charge in [0.15, 0.2) is 0 Å². The summed E-state index contributed by atoms with van der Waals surface area (Å²) in [7, 11) is -0.989. The molecule has 0 spiro atoms. The Hall–Kier alpha value is -2.26. The number of ether oxygens (including phenoxy) is 1. The van der Waals surface area contributed by atoms with Crippen LogP contribution >= 0.6 is 0 Å². The highest BCUT2D eigenvalue weighted by molar-refractivity contribution is 7.88. The first-order valence-electron chi connectivity index (χ1n) is 6.37. The van der Waals surface area contributed by atoms with Gasteiger partial charge < -0.3 is 4.74 Å². The average Bonchev–Trinajstić information content (AvgIpc) is 2.95. The van der Waals surface area contributed by atoms with Gasteiger partial charge in [-0.25, -0.2) is 17.7 Å². The van der Waals surface area contributed by atoms with Crippen LogP contribution in [-0.2, 0) is 19.6 Å². The fourth-order valence-corrected chi connectivity index (χ4v) is 2.72. The van der Waals surface area contributed by atoms with Gasteiger partial charge in [-0.2, -0.15) is 0 Å². The molecule has 0 saturated heterocycles. The van der Waals surface area contributed by atoms with Gasteiger partial charge in [-0.05, 0) is 12.1 Å². The van der Waals surface area contributed by atoms with Crippen LogP contribution in [0, 0.1) is 0 Å². The maximum absolute atomic E-state index is 12.3. The van der Waals surface area contributed by atoms with Crippen LogP contribution in [-0.4, -0.2) is 47.3 Å². The van der Waals surface area contributed by atoms with Crippen molar-refractivity contribution in [2.75, 3.05) is 14.1 Å². The van der Waals surface area contributed by atoms with E-state index in [2.05, 4.69) is 9.97 Å². The highest BCUT2D eigenvalue weighted by Crippen LogP contribution is 2.23. The van der Waals surface area contributed by atoms with Crippen LogP contribution in [0.25, 0.3) is 0 Å². The van der Waals surface area contributed by atoms with Crippen LogP contribution in [0.4, 0.5) is 0 Å². The minimum Gasteiger partial charge on any atom is -0.435 e. The van der Waals surface area contributed by atoms with Gasteiger partial charge in [-0.3, -0.25) is 14.3 Å². The van der Waals surface area contributed by atoms with Crippen molar-refractivity contribution in [1.29, 1.82) is 0 Å². The monoisotopic (exact) mass is 324 g/mol. The number of nitrogens with zero attached hydrogens (tertiary/aromatic N) is 4. The van der Waals surface area contributed by atoms with Gasteiger partial charge in [0.05, 0.1) is 0 Å². The molecule has 0 saturated carbocycles. The van der Waals surface area contributed by atoms with Crippen LogP contribution in [0.5, 0.6) is 0 Å². The zero-order chi connectivity index (χ0) is 16.3. The van der Waals surface area contributed by atoms with Crippen LogP contribution in [0.3, 0.4) is 0 Å². The van der Waals surface area contributed by atoms with Crippen LogP contribution in [0.1, 0.15) is 18.8 Å². The summed E-state index contributed by atoms with van der Waals surface area (Å²) in [6, 6.07) is 5.06. The minimum absolute atomic E-state index is 0.227. The fourth-order valence-electron chi connectivity index (χ4n) is 1.78. The van der Waals surface area contributed by atoms with E-state index in [1.165, 1.54) is 44.2 Å². The maximum atomic E-state index is 12.3. The number of sulfonamides is 1. The molecule has 8 nitrogen and oxygen atoms in total. The van der Waals surface area contributed by atoms with E-state index in [1.54, 1.807) is 18.2 Å². The molecule has 22 heavy (non-hydrogen) atoms. The molecule has 2 aromatic rings. The normalized spacial score (nSPS) is 13.1. The van der Waals surface area contributed by atoms with Crippen molar-refractivity contribution in [3.05, 3.63) is 42.5 Å². The molecule has 9 heteroatoms. The van der Waals surface area contributed by atoms with E-state index in [0.29, 0.717) is 5.69 Å². The predicted molar refractivity (Wildman–Crippen MR) is 77.2 cm³/mol. The molecule has 0 amide bonds. The molecule has 0 aliphatic heterocycles. The molecule has 0 N–H and O–H groups in total. The highest BCUT2D eigenvalue weighted by atomic mass is 32.2. The lowest BCUT2D eigenvalue weighted by Gasteiger charge is -2.21. The largest absolute Gasteiger partial charge is 0.435 e. The van der Waals surface area contributed by atoms with Gasteiger partial charge in [0.25, 0.3) is 10.0 Å². The molecular weight excluding hydrogens is 308 g/mol. The predicted octanol–water partition coefficient (Wildman–Crippen LogP) is 0.638. The van der Waals surface area contributed by atoms with Crippen LogP contribution in [0.2, 0.25) is 0 Å². The van der Waals surface area contributed by atoms with Crippen LogP contribution < -0.4 is 0 Å². The lowest BCUT2D eigenvalue weighted by molar-refractivity contribution is -0.148. The second kappa shape index (κ2) is 6.24. The van der Waals surface area contributed by atoms with Gasteiger partial charge >= 0.3 is 5.97 Å². The number of rotatable bonds is 5. The third-order valence-corrected chi connectivity index (χ3v) is 4.55. The Morgan fingerprint density at radius 3 is 2.55 bits per heavy atom. The maximum Gasteiger partial charge on any atom is 0.304 e. The first-order valence-corrected chi connectivity index (χ1v) is 7.81. The summed E-state index contributed by atoms with van der Waals surface area (Å²) in [4.78, 5) is 19.4. The quantitative estimate of drug-likeness (QED) is 0.749. The summed E-state index contributed by atoms with van der Waals surface area (Å²) in [6.07, 6.45) is 3.28. The molecule has 0 aliphatic carbocycles. The number of carbonyl (C=O) groups excluding carboxylic acids is 1. The van der Waals surface area contributed by atoms with Gasteiger partial charge in [-0.1, -0.05) is 6.07 Å². The van der Waals surface area contributed by atoms with E-state index in [4.69, 9.17) is 4.74 Å². The highest BCUT2D eigenvalue weighted by Gasteiger charge is 2.29. The Morgan fingerprint density at radius 2 is 2.00 bits per heavy atom. The Bertz CT molecular complexity index is 755. The zero-order valence-corrected chi connectivity index (χ0v) is 13.2. The van der Waals surface area contributed by atoms with Crippen molar-refractivity contribution in [3.8, 4) is 0 Å². The SMILES string of the molecule is CC(=O)OC(c1ccccn1)n1ccnc1S(=O)(=O)N(C)C. The summed E-state index contributed by atoms with van der Waals surface area (Å²) in [5.41, 5.74) is 0.394. The van der Waals surface area contributed by atoms with E-state index >= 15 is 0 Å². The number of pyridine rings is 1. The van der Waals surface area contributed by atoms with Gasteiger partial charge in [-0.15, -0.1) is 0 Å². The number of hydrogen-bond acceptors (Lipinski definition) is 6. The molecule has 0 fully saturated rings. The van der Waals surface area contributed by atoms with Gasteiger partial charge in [0.1, 0.15) is 5.69 Å². The molecule has 0 bridgehead atoms. The minimum atomic E-state index is -3.79.